The normalized spacial score (nSPS) is 25.8. The number of methoxy groups -OCH3 is 1. The van der Waals surface area contributed by atoms with E-state index in [9.17, 15) is 0 Å². The van der Waals surface area contributed by atoms with Crippen LogP contribution in [0.15, 0.2) is 12.4 Å². The highest BCUT2D eigenvalue weighted by Crippen LogP contribution is 2.36. The Bertz CT molecular complexity index is 361. The molecule has 5 heteroatoms. The second-order valence-electron chi connectivity index (χ2n) is 4.49. The zero-order valence-electron chi connectivity index (χ0n) is 10.6. The maximum absolute atomic E-state index is 5.86. The molecule has 17 heavy (non-hydrogen) atoms. The van der Waals surface area contributed by atoms with Crippen molar-refractivity contribution in [3.05, 3.63) is 18.0 Å². The molecule has 94 valence electrons. The molecule has 5 nitrogen and oxygen atoms in total. The molecule has 0 bridgehead atoms. The molecule has 0 radical (unpaired) electrons. The van der Waals surface area contributed by atoms with Crippen molar-refractivity contribution in [1.82, 2.24) is 15.3 Å². The Morgan fingerprint density at radius 2 is 2.18 bits per heavy atom. The van der Waals surface area contributed by atoms with Gasteiger partial charge in [-0.05, 0) is 26.8 Å². The van der Waals surface area contributed by atoms with Crippen molar-refractivity contribution < 1.29 is 9.47 Å². The van der Waals surface area contributed by atoms with Crippen LogP contribution in [0, 0.1) is 0 Å². The molecule has 2 heterocycles. The SMILES string of the molecule is CNC(c1cnc(OC)nc1)C1(C)CCCO1. The molecule has 2 rings (SSSR count). The third kappa shape index (κ3) is 2.40. The average Bonchev–Trinajstić information content (AvgIpc) is 2.78. The van der Waals surface area contributed by atoms with Gasteiger partial charge < -0.3 is 14.8 Å². The smallest absolute Gasteiger partial charge is 0.316 e. The summed E-state index contributed by atoms with van der Waals surface area (Å²) in [6.45, 7) is 2.96. The van der Waals surface area contributed by atoms with E-state index in [0.29, 0.717) is 6.01 Å². The predicted octanol–water partition coefficient (Wildman–Crippen LogP) is 1.31. The largest absolute Gasteiger partial charge is 0.467 e. The molecule has 1 saturated heterocycles. The summed E-state index contributed by atoms with van der Waals surface area (Å²) < 4.78 is 10.8. The van der Waals surface area contributed by atoms with Crippen molar-refractivity contribution in [2.45, 2.75) is 31.4 Å². The Balaban J connectivity index is 2.22. The Labute approximate surface area is 102 Å². The van der Waals surface area contributed by atoms with E-state index in [4.69, 9.17) is 9.47 Å². The molecular formula is C12H19N3O2. The van der Waals surface area contributed by atoms with Crippen LogP contribution in [-0.4, -0.2) is 36.3 Å². The van der Waals surface area contributed by atoms with Gasteiger partial charge in [-0.1, -0.05) is 0 Å². The molecule has 1 aromatic heterocycles. The first-order valence-electron chi connectivity index (χ1n) is 5.87. The van der Waals surface area contributed by atoms with E-state index in [1.54, 1.807) is 19.5 Å². The number of rotatable bonds is 4. The quantitative estimate of drug-likeness (QED) is 0.855. The van der Waals surface area contributed by atoms with Gasteiger partial charge in [-0.3, -0.25) is 0 Å². The van der Waals surface area contributed by atoms with Gasteiger partial charge in [0.15, 0.2) is 0 Å². The second kappa shape index (κ2) is 4.98. The van der Waals surface area contributed by atoms with Crippen LogP contribution in [-0.2, 0) is 4.74 Å². The van der Waals surface area contributed by atoms with E-state index in [1.807, 2.05) is 7.05 Å². The van der Waals surface area contributed by atoms with Gasteiger partial charge in [-0.2, -0.15) is 0 Å². The summed E-state index contributed by atoms with van der Waals surface area (Å²) in [6.07, 6.45) is 5.73. The Morgan fingerprint density at radius 1 is 1.47 bits per heavy atom. The number of aromatic nitrogens is 2. The van der Waals surface area contributed by atoms with Gasteiger partial charge in [0, 0.05) is 24.6 Å². The van der Waals surface area contributed by atoms with Gasteiger partial charge in [0.1, 0.15) is 0 Å². The molecular weight excluding hydrogens is 218 g/mol. The van der Waals surface area contributed by atoms with Crippen molar-refractivity contribution in [3.63, 3.8) is 0 Å². The van der Waals surface area contributed by atoms with Crippen LogP contribution in [0.1, 0.15) is 31.4 Å². The highest BCUT2D eigenvalue weighted by Gasteiger charge is 2.38. The summed E-state index contributed by atoms with van der Waals surface area (Å²) in [7, 11) is 3.49. The molecule has 0 amide bonds. The summed E-state index contributed by atoms with van der Waals surface area (Å²) in [5.74, 6) is 0. The van der Waals surface area contributed by atoms with E-state index in [0.717, 1.165) is 25.0 Å². The zero-order valence-corrected chi connectivity index (χ0v) is 10.6. The van der Waals surface area contributed by atoms with Crippen LogP contribution in [0.4, 0.5) is 0 Å². The number of nitrogens with zero attached hydrogens (tertiary/aromatic N) is 2. The lowest BCUT2D eigenvalue weighted by molar-refractivity contribution is -0.0106. The fourth-order valence-electron chi connectivity index (χ4n) is 2.43. The van der Waals surface area contributed by atoms with E-state index >= 15 is 0 Å². The fourth-order valence-corrected chi connectivity index (χ4v) is 2.43. The van der Waals surface area contributed by atoms with Crippen LogP contribution in [0.2, 0.25) is 0 Å². The highest BCUT2D eigenvalue weighted by atomic mass is 16.5. The van der Waals surface area contributed by atoms with Crippen LogP contribution < -0.4 is 10.1 Å². The predicted molar refractivity (Wildman–Crippen MR) is 64.0 cm³/mol. The van der Waals surface area contributed by atoms with E-state index in [2.05, 4.69) is 22.2 Å². The first-order chi connectivity index (χ1) is 8.19. The molecule has 2 atom stereocenters. The summed E-state index contributed by atoms with van der Waals surface area (Å²) in [5, 5.41) is 3.29. The van der Waals surface area contributed by atoms with Crippen LogP contribution in [0.5, 0.6) is 6.01 Å². The van der Waals surface area contributed by atoms with Gasteiger partial charge >= 0.3 is 6.01 Å². The maximum atomic E-state index is 5.86. The molecule has 0 aliphatic carbocycles. The number of ether oxygens (including phenoxy) is 2. The van der Waals surface area contributed by atoms with Crippen molar-refractivity contribution in [1.29, 1.82) is 0 Å². The number of likely N-dealkylation sites (N-methyl/N-ethyl adjacent to an activating group) is 1. The number of nitrogens with one attached hydrogen (secondary N) is 1. The van der Waals surface area contributed by atoms with Gasteiger partial charge in [-0.25, -0.2) is 9.97 Å². The second-order valence-corrected chi connectivity index (χ2v) is 4.49. The molecule has 0 saturated carbocycles. The zero-order chi connectivity index (χ0) is 12.3. The minimum absolute atomic E-state index is 0.107. The summed E-state index contributed by atoms with van der Waals surface area (Å²) >= 11 is 0. The van der Waals surface area contributed by atoms with Gasteiger partial charge in [-0.15, -0.1) is 0 Å². The standard InChI is InChI=1S/C12H19N3O2/c1-12(5-4-6-17-12)10(13-2)9-7-14-11(16-3)15-8-9/h7-8,10,13H,4-6H2,1-3H3. The first kappa shape index (κ1) is 12.3. The van der Waals surface area contributed by atoms with E-state index in [-0.39, 0.29) is 11.6 Å². The number of hydrogen-bond acceptors (Lipinski definition) is 5. The fraction of sp³-hybridized carbons (Fsp3) is 0.667. The Hall–Kier alpha value is -1.20. The molecule has 2 unspecified atom stereocenters. The van der Waals surface area contributed by atoms with Gasteiger partial charge in [0.2, 0.25) is 0 Å². The summed E-state index contributed by atoms with van der Waals surface area (Å²) in [6, 6.07) is 0.497. The molecule has 0 spiro atoms. The number of hydrogen-bond donors (Lipinski definition) is 1. The Kier molecular flexibility index (Phi) is 3.59. The van der Waals surface area contributed by atoms with Gasteiger partial charge in [0.25, 0.3) is 0 Å². The lowest BCUT2D eigenvalue weighted by atomic mass is 9.89. The minimum atomic E-state index is -0.174. The topological polar surface area (TPSA) is 56.3 Å². The van der Waals surface area contributed by atoms with Crippen LogP contribution in [0.25, 0.3) is 0 Å². The van der Waals surface area contributed by atoms with Crippen LogP contribution >= 0.6 is 0 Å². The van der Waals surface area contributed by atoms with Gasteiger partial charge in [0.05, 0.1) is 18.8 Å². The molecule has 1 fully saturated rings. The third-order valence-corrected chi connectivity index (χ3v) is 3.31. The van der Waals surface area contributed by atoms with Crippen molar-refractivity contribution in [2.75, 3.05) is 20.8 Å². The van der Waals surface area contributed by atoms with E-state index < -0.39 is 0 Å². The minimum Gasteiger partial charge on any atom is -0.467 e. The highest BCUT2D eigenvalue weighted by molar-refractivity contribution is 5.17. The lowest BCUT2D eigenvalue weighted by Gasteiger charge is -2.33. The Morgan fingerprint density at radius 3 is 2.65 bits per heavy atom. The average molecular weight is 237 g/mol. The molecule has 1 aromatic rings. The van der Waals surface area contributed by atoms with E-state index in [1.165, 1.54) is 0 Å². The molecule has 0 aromatic carbocycles. The molecule has 1 aliphatic rings. The lowest BCUT2D eigenvalue weighted by Crippen LogP contribution is -2.39. The summed E-state index contributed by atoms with van der Waals surface area (Å²) in [4.78, 5) is 8.28. The van der Waals surface area contributed by atoms with Crippen LogP contribution in [0.3, 0.4) is 0 Å². The molecule has 1 aliphatic heterocycles. The first-order valence-corrected chi connectivity index (χ1v) is 5.87. The third-order valence-electron chi connectivity index (χ3n) is 3.31. The van der Waals surface area contributed by atoms with Crippen molar-refractivity contribution in [3.8, 4) is 6.01 Å². The van der Waals surface area contributed by atoms with Crippen molar-refractivity contribution >= 4 is 0 Å². The monoisotopic (exact) mass is 237 g/mol. The van der Waals surface area contributed by atoms with Crippen molar-refractivity contribution in [2.24, 2.45) is 0 Å². The molecule has 1 N–H and O–H groups in total. The summed E-state index contributed by atoms with van der Waals surface area (Å²) in [5.41, 5.74) is 0.852. The maximum Gasteiger partial charge on any atom is 0.316 e.